The van der Waals surface area contributed by atoms with Gasteiger partial charge in [-0.15, -0.1) is 0 Å². The lowest BCUT2D eigenvalue weighted by Gasteiger charge is -2.27. The molecule has 0 unspecified atom stereocenters. The average molecular weight is 164 g/mol. The van der Waals surface area contributed by atoms with E-state index in [1.807, 2.05) is 0 Å². The molecule has 0 rings (SSSR count). The zero-order chi connectivity index (χ0) is 8.08. The zero-order valence-corrected chi connectivity index (χ0v) is 11.5. The second-order valence-electron chi connectivity index (χ2n) is 3.07. The highest BCUT2D eigenvalue weighted by atomic mass is 28.2. The molecule has 0 aromatic rings. The minimum atomic E-state index is 0.395. The summed E-state index contributed by atoms with van der Waals surface area (Å²) in [6.07, 6.45) is 0. The Labute approximate surface area is 64.8 Å². The van der Waals surface area contributed by atoms with Gasteiger partial charge >= 0.3 is 0 Å². The predicted octanol–water partition coefficient (Wildman–Crippen LogP) is -1.78. The van der Waals surface area contributed by atoms with Crippen molar-refractivity contribution in [3.05, 3.63) is 0 Å². The number of rotatable bonds is 0. The third-order valence-electron chi connectivity index (χ3n) is 1.34. The first-order valence-corrected chi connectivity index (χ1v) is 5.24. The lowest BCUT2D eigenvalue weighted by Crippen LogP contribution is -2.35. The van der Waals surface area contributed by atoms with Gasteiger partial charge in [-0.25, -0.2) is 0 Å². The first kappa shape index (κ1) is 12.1. The second kappa shape index (κ2) is 5.16. The third-order valence-corrected chi connectivity index (χ3v) is 2.68. The van der Waals surface area contributed by atoms with Crippen molar-refractivity contribution in [1.29, 1.82) is 0 Å². The van der Waals surface area contributed by atoms with Gasteiger partial charge in [0.1, 0.15) is 0 Å². The van der Waals surface area contributed by atoms with Gasteiger partial charge in [0.25, 0.3) is 0 Å². The van der Waals surface area contributed by atoms with Crippen molar-refractivity contribution < 1.29 is 0 Å². The minimum absolute atomic E-state index is 0.395. The largest absolute Gasteiger partial charge is 0.358 e. The highest BCUT2D eigenvalue weighted by Gasteiger charge is 2.10. The number of hydrogen-bond donors (Lipinski definition) is 1. The summed E-state index contributed by atoms with van der Waals surface area (Å²) >= 11 is 0. The summed E-state index contributed by atoms with van der Waals surface area (Å²) in [7, 11) is 4.11. The molecule has 0 fully saturated rings. The quantitative estimate of drug-likeness (QED) is 0.429. The van der Waals surface area contributed by atoms with Gasteiger partial charge in [-0.3, -0.25) is 0 Å². The Balaban J connectivity index is 0. The maximum Gasteiger partial charge on any atom is 0.0787 e. The van der Waals surface area contributed by atoms with Crippen LogP contribution in [0.5, 0.6) is 0 Å². The van der Waals surface area contributed by atoms with Gasteiger partial charge in [-0.1, -0.05) is 0 Å². The molecular formula is C5H20N2Si2. The maximum atomic E-state index is 4.64. The van der Waals surface area contributed by atoms with Crippen LogP contribution in [0.3, 0.4) is 0 Å². The molecule has 9 heavy (non-hydrogen) atoms. The Morgan fingerprint density at radius 1 is 1.22 bits per heavy atom. The summed E-state index contributed by atoms with van der Waals surface area (Å²) < 4.78 is 2.33. The fourth-order valence-corrected chi connectivity index (χ4v) is 0. The van der Waals surface area contributed by atoms with E-state index in [9.17, 15) is 0 Å². The molecule has 0 aliphatic carbocycles. The molecule has 0 amide bonds. The van der Waals surface area contributed by atoms with E-state index in [0.717, 1.165) is 20.8 Å². The smallest absolute Gasteiger partial charge is 0.0787 e. The Morgan fingerprint density at radius 3 is 1.33 bits per heavy atom. The van der Waals surface area contributed by atoms with Gasteiger partial charge in [-0.2, -0.15) is 0 Å². The summed E-state index contributed by atoms with van der Waals surface area (Å²) in [5.74, 6) is 0. The standard InChI is InChI=1S/C5H15NSi.H5NSi/c1-5(2,3)6(4)7;1-2/h1-4,7H3;1H2,2H3. The summed E-state index contributed by atoms with van der Waals surface area (Å²) in [6, 6.07) is 0. The van der Waals surface area contributed by atoms with Crippen LogP contribution in [0.1, 0.15) is 20.8 Å². The fraction of sp³-hybridized carbons (Fsp3) is 1.00. The molecule has 0 aromatic heterocycles. The van der Waals surface area contributed by atoms with E-state index in [0.29, 0.717) is 5.54 Å². The maximum absolute atomic E-state index is 4.64. The topological polar surface area (TPSA) is 29.3 Å². The Hall–Kier alpha value is 0.354. The van der Waals surface area contributed by atoms with E-state index in [2.05, 4.69) is 37.8 Å². The van der Waals surface area contributed by atoms with Crippen molar-refractivity contribution in [2.45, 2.75) is 26.3 Å². The Bertz CT molecular complexity index is 58.5. The summed E-state index contributed by atoms with van der Waals surface area (Å²) in [5.41, 5.74) is 0.395. The van der Waals surface area contributed by atoms with Gasteiger partial charge in [0.15, 0.2) is 0 Å². The van der Waals surface area contributed by atoms with Crippen LogP contribution < -0.4 is 5.40 Å². The molecular weight excluding hydrogens is 144 g/mol. The van der Waals surface area contributed by atoms with Crippen LogP contribution in [0.25, 0.3) is 0 Å². The number of hydrogen-bond acceptors (Lipinski definition) is 2. The van der Waals surface area contributed by atoms with Crippen molar-refractivity contribution in [3.8, 4) is 0 Å². The molecule has 2 N–H and O–H groups in total. The van der Waals surface area contributed by atoms with E-state index in [-0.39, 0.29) is 0 Å². The van der Waals surface area contributed by atoms with Gasteiger partial charge < -0.3 is 9.96 Å². The van der Waals surface area contributed by atoms with Crippen LogP contribution in [0.4, 0.5) is 0 Å². The van der Waals surface area contributed by atoms with Crippen LogP contribution >= 0.6 is 0 Å². The lowest BCUT2D eigenvalue weighted by molar-refractivity contribution is 0.306. The van der Waals surface area contributed by atoms with Gasteiger partial charge in [-0.05, 0) is 27.8 Å². The molecule has 0 spiro atoms. The second-order valence-corrected chi connectivity index (χ2v) is 4.41. The first-order chi connectivity index (χ1) is 3.94. The summed E-state index contributed by atoms with van der Waals surface area (Å²) in [6.45, 7) is 6.67. The van der Waals surface area contributed by atoms with Crippen LogP contribution in [-0.2, 0) is 0 Å². The van der Waals surface area contributed by atoms with Crippen molar-refractivity contribution >= 4 is 20.8 Å². The van der Waals surface area contributed by atoms with Crippen molar-refractivity contribution in [3.63, 3.8) is 0 Å². The summed E-state index contributed by atoms with van der Waals surface area (Å²) in [5, 5.41) is 4.64. The Morgan fingerprint density at radius 2 is 1.33 bits per heavy atom. The molecule has 0 radical (unpaired) electrons. The van der Waals surface area contributed by atoms with Crippen molar-refractivity contribution in [2.24, 2.45) is 5.40 Å². The molecule has 0 saturated carbocycles. The van der Waals surface area contributed by atoms with Crippen LogP contribution in [0.2, 0.25) is 0 Å². The lowest BCUT2D eigenvalue weighted by atomic mass is 10.1. The van der Waals surface area contributed by atoms with Crippen LogP contribution in [0, 0.1) is 0 Å². The first-order valence-electron chi connectivity index (χ1n) is 3.20. The molecule has 2 nitrogen and oxygen atoms in total. The molecule has 58 valence electrons. The highest BCUT2D eigenvalue weighted by molar-refractivity contribution is 6.04. The minimum Gasteiger partial charge on any atom is -0.358 e. The predicted molar refractivity (Wildman–Crippen MR) is 51.6 cm³/mol. The van der Waals surface area contributed by atoms with Gasteiger partial charge in [0, 0.05) is 5.54 Å². The fourth-order valence-electron chi connectivity index (χ4n) is 0. The number of nitrogens with zero attached hydrogens (tertiary/aromatic N) is 1. The molecule has 0 heterocycles. The molecule has 0 atom stereocenters. The molecule has 0 saturated heterocycles. The van der Waals surface area contributed by atoms with E-state index >= 15 is 0 Å². The SMILES string of the molecule is CN([SiH3])C(C)(C)C.N[SiH3]. The zero-order valence-electron chi connectivity index (χ0n) is 7.52. The van der Waals surface area contributed by atoms with Crippen LogP contribution in [-0.4, -0.2) is 38.0 Å². The van der Waals surface area contributed by atoms with Crippen molar-refractivity contribution in [2.75, 3.05) is 7.05 Å². The van der Waals surface area contributed by atoms with E-state index < -0.39 is 0 Å². The van der Waals surface area contributed by atoms with Gasteiger partial charge in [0.2, 0.25) is 0 Å². The monoisotopic (exact) mass is 164 g/mol. The van der Waals surface area contributed by atoms with Crippen LogP contribution in [0.15, 0.2) is 0 Å². The normalized spacial score (nSPS) is 11.3. The van der Waals surface area contributed by atoms with E-state index in [4.69, 9.17) is 0 Å². The number of nitrogens with two attached hydrogens (primary N) is 1. The van der Waals surface area contributed by atoms with Gasteiger partial charge in [0.05, 0.1) is 20.8 Å². The van der Waals surface area contributed by atoms with Crippen molar-refractivity contribution in [1.82, 2.24) is 4.57 Å². The average Bonchev–Trinajstić information content (AvgIpc) is 1.69. The Kier molecular flexibility index (Phi) is 6.92. The highest BCUT2D eigenvalue weighted by Crippen LogP contribution is 2.04. The molecule has 0 aliphatic heterocycles. The third kappa shape index (κ3) is 8.35. The molecule has 0 bridgehead atoms. The molecule has 0 aromatic carbocycles. The molecule has 4 heteroatoms. The van der Waals surface area contributed by atoms with E-state index in [1.165, 1.54) is 0 Å². The summed E-state index contributed by atoms with van der Waals surface area (Å²) in [4.78, 5) is 0. The van der Waals surface area contributed by atoms with E-state index in [1.54, 1.807) is 0 Å². The molecule has 0 aliphatic rings.